The monoisotopic (exact) mass is 286 g/mol. The Morgan fingerprint density at radius 1 is 1.33 bits per heavy atom. The van der Waals surface area contributed by atoms with Crippen LogP contribution in [0.1, 0.15) is 23.2 Å². The number of methoxy groups -OCH3 is 1. The zero-order valence-corrected chi connectivity index (χ0v) is 12.5. The number of hydrogen-bond donors (Lipinski definition) is 1. The number of Topliss-reactive ketones (excluding diaryl/α,β-unsaturated/α-hetero) is 1. The average Bonchev–Trinajstić information content (AvgIpc) is 2.93. The minimum atomic E-state index is 0.206. The van der Waals surface area contributed by atoms with E-state index < -0.39 is 0 Å². The summed E-state index contributed by atoms with van der Waals surface area (Å²) >= 11 is 0. The van der Waals surface area contributed by atoms with E-state index in [4.69, 9.17) is 4.74 Å². The van der Waals surface area contributed by atoms with Gasteiger partial charge in [0.1, 0.15) is 0 Å². The van der Waals surface area contributed by atoms with Crippen LogP contribution in [0.3, 0.4) is 0 Å². The van der Waals surface area contributed by atoms with Gasteiger partial charge in [0, 0.05) is 36.4 Å². The van der Waals surface area contributed by atoms with Gasteiger partial charge >= 0.3 is 0 Å². The van der Waals surface area contributed by atoms with Crippen molar-refractivity contribution in [3.63, 3.8) is 0 Å². The van der Waals surface area contributed by atoms with E-state index in [1.54, 1.807) is 7.11 Å². The lowest BCUT2D eigenvalue weighted by atomic mass is 9.97. The zero-order chi connectivity index (χ0) is 14.7. The molecule has 0 bridgehead atoms. The van der Waals surface area contributed by atoms with Crippen LogP contribution in [0.5, 0.6) is 0 Å². The normalized spacial score (nSPS) is 17.4. The number of piperidine rings is 1. The molecule has 1 fully saturated rings. The van der Waals surface area contributed by atoms with Crippen LogP contribution in [0.15, 0.2) is 30.5 Å². The number of nitrogens with zero attached hydrogens (tertiary/aromatic N) is 1. The maximum atomic E-state index is 12.5. The first-order valence-corrected chi connectivity index (χ1v) is 7.58. The highest BCUT2D eigenvalue weighted by molar-refractivity contribution is 6.08. The number of carbonyl (C=O) groups excluding carboxylic acids is 1. The van der Waals surface area contributed by atoms with Gasteiger partial charge in [0.2, 0.25) is 0 Å². The number of likely N-dealkylation sites (tertiary alicyclic amines) is 1. The van der Waals surface area contributed by atoms with Gasteiger partial charge < -0.3 is 9.72 Å². The van der Waals surface area contributed by atoms with Gasteiger partial charge in [-0.25, -0.2) is 0 Å². The van der Waals surface area contributed by atoms with Crippen LogP contribution < -0.4 is 0 Å². The number of hydrogen-bond acceptors (Lipinski definition) is 3. The van der Waals surface area contributed by atoms with E-state index in [9.17, 15) is 4.79 Å². The molecule has 0 saturated carbocycles. The maximum Gasteiger partial charge on any atom is 0.178 e. The molecule has 1 aromatic heterocycles. The van der Waals surface area contributed by atoms with Crippen molar-refractivity contribution in [2.75, 3.05) is 33.4 Å². The SMILES string of the molecule is COCC1CCN(CC(=O)c2c[nH]c3ccccc23)CC1. The Bertz CT molecular complexity index is 612. The first-order chi connectivity index (χ1) is 10.3. The number of ketones is 1. The number of aromatic nitrogens is 1. The van der Waals surface area contributed by atoms with Crippen molar-refractivity contribution in [2.24, 2.45) is 5.92 Å². The Kier molecular flexibility index (Phi) is 4.36. The summed E-state index contributed by atoms with van der Waals surface area (Å²) in [4.78, 5) is 17.9. The molecule has 0 amide bonds. The summed E-state index contributed by atoms with van der Waals surface area (Å²) in [6, 6.07) is 7.96. The van der Waals surface area contributed by atoms with Crippen molar-refractivity contribution in [1.82, 2.24) is 9.88 Å². The first-order valence-electron chi connectivity index (χ1n) is 7.58. The Hall–Kier alpha value is -1.65. The van der Waals surface area contributed by atoms with Crippen molar-refractivity contribution in [3.8, 4) is 0 Å². The molecule has 2 aromatic rings. The van der Waals surface area contributed by atoms with Gasteiger partial charge in [-0.1, -0.05) is 18.2 Å². The molecule has 0 atom stereocenters. The molecular weight excluding hydrogens is 264 g/mol. The smallest absolute Gasteiger partial charge is 0.178 e. The van der Waals surface area contributed by atoms with Crippen molar-refractivity contribution in [1.29, 1.82) is 0 Å². The summed E-state index contributed by atoms with van der Waals surface area (Å²) in [7, 11) is 1.76. The standard InChI is InChI=1S/C17H22N2O2/c1-21-12-13-6-8-19(9-7-13)11-17(20)15-10-18-16-5-3-2-4-14(15)16/h2-5,10,13,18H,6-9,11-12H2,1H3. The minimum Gasteiger partial charge on any atom is -0.384 e. The summed E-state index contributed by atoms with van der Waals surface area (Å²) in [5.74, 6) is 0.854. The highest BCUT2D eigenvalue weighted by Gasteiger charge is 2.22. The number of rotatable bonds is 5. The lowest BCUT2D eigenvalue weighted by molar-refractivity contribution is 0.0811. The summed E-state index contributed by atoms with van der Waals surface area (Å²) in [6.45, 7) is 3.33. The van der Waals surface area contributed by atoms with Gasteiger partial charge in [-0.15, -0.1) is 0 Å². The molecule has 0 spiro atoms. The third-order valence-corrected chi connectivity index (χ3v) is 4.37. The maximum absolute atomic E-state index is 12.5. The lowest BCUT2D eigenvalue weighted by Gasteiger charge is -2.30. The number of aromatic amines is 1. The first kappa shape index (κ1) is 14.3. The molecule has 1 saturated heterocycles. The van der Waals surface area contributed by atoms with Crippen LogP contribution in [-0.2, 0) is 4.74 Å². The molecular formula is C17H22N2O2. The molecule has 112 valence electrons. The van der Waals surface area contributed by atoms with Gasteiger partial charge in [-0.05, 0) is 37.9 Å². The fraction of sp³-hybridized carbons (Fsp3) is 0.471. The Labute approximate surface area is 125 Å². The quantitative estimate of drug-likeness (QED) is 0.860. The molecule has 4 nitrogen and oxygen atoms in total. The van der Waals surface area contributed by atoms with E-state index in [2.05, 4.69) is 9.88 Å². The molecule has 2 heterocycles. The minimum absolute atomic E-state index is 0.206. The topological polar surface area (TPSA) is 45.3 Å². The molecule has 1 aromatic carbocycles. The zero-order valence-electron chi connectivity index (χ0n) is 12.5. The molecule has 3 rings (SSSR count). The van der Waals surface area contributed by atoms with Crippen LogP contribution in [0, 0.1) is 5.92 Å². The second-order valence-electron chi connectivity index (χ2n) is 5.85. The van der Waals surface area contributed by atoms with Crippen LogP contribution in [0.4, 0.5) is 0 Å². The van der Waals surface area contributed by atoms with Crippen LogP contribution in [-0.4, -0.2) is 49.0 Å². The molecule has 4 heteroatoms. The number of ether oxygens (including phenoxy) is 1. The molecule has 21 heavy (non-hydrogen) atoms. The van der Waals surface area contributed by atoms with E-state index in [0.717, 1.165) is 49.0 Å². The Morgan fingerprint density at radius 3 is 2.86 bits per heavy atom. The van der Waals surface area contributed by atoms with Crippen molar-refractivity contribution in [3.05, 3.63) is 36.0 Å². The highest BCUT2D eigenvalue weighted by Crippen LogP contribution is 2.21. The Morgan fingerprint density at radius 2 is 2.10 bits per heavy atom. The van der Waals surface area contributed by atoms with E-state index >= 15 is 0 Å². The number of carbonyl (C=O) groups is 1. The summed E-state index contributed by atoms with van der Waals surface area (Å²) < 4.78 is 5.22. The van der Waals surface area contributed by atoms with Gasteiger partial charge in [-0.3, -0.25) is 9.69 Å². The van der Waals surface area contributed by atoms with Gasteiger partial charge in [0.15, 0.2) is 5.78 Å². The van der Waals surface area contributed by atoms with E-state index in [1.807, 2.05) is 30.5 Å². The van der Waals surface area contributed by atoms with Crippen molar-refractivity contribution in [2.45, 2.75) is 12.8 Å². The van der Waals surface area contributed by atoms with E-state index in [0.29, 0.717) is 12.5 Å². The molecule has 0 aliphatic carbocycles. The predicted molar refractivity (Wildman–Crippen MR) is 83.7 cm³/mol. The lowest BCUT2D eigenvalue weighted by Crippen LogP contribution is -2.38. The van der Waals surface area contributed by atoms with Gasteiger partial charge in [-0.2, -0.15) is 0 Å². The fourth-order valence-electron chi connectivity index (χ4n) is 3.14. The summed E-state index contributed by atoms with van der Waals surface area (Å²) in [5, 5.41) is 1.02. The molecule has 0 radical (unpaired) electrons. The van der Waals surface area contributed by atoms with Gasteiger partial charge in [0.25, 0.3) is 0 Å². The predicted octanol–water partition coefficient (Wildman–Crippen LogP) is 2.71. The van der Waals surface area contributed by atoms with Gasteiger partial charge in [0.05, 0.1) is 6.54 Å². The number of H-pyrrole nitrogens is 1. The van der Waals surface area contributed by atoms with Crippen LogP contribution >= 0.6 is 0 Å². The third-order valence-electron chi connectivity index (χ3n) is 4.37. The molecule has 1 aliphatic heterocycles. The summed E-state index contributed by atoms with van der Waals surface area (Å²) in [5.41, 5.74) is 1.84. The average molecular weight is 286 g/mol. The second-order valence-corrected chi connectivity index (χ2v) is 5.85. The second kappa shape index (κ2) is 6.41. The summed E-state index contributed by atoms with van der Waals surface area (Å²) in [6.07, 6.45) is 4.08. The molecule has 1 N–H and O–H groups in total. The van der Waals surface area contributed by atoms with E-state index in [-0.39, 0.29) is 5.78 Å². The molecule has 0 unspecified atom stereocenters. The Balaban J connectivity index is 1.62. The fourth-order valence-corrected chi connectivity index (χ4v) is 3.14. The third kappa shape index (κ3) is 3.17. The number of benzene rings is 1. The van der Waals surface area contributed by atoms with Crippen molar-refractivity contribution < 1.29 is 9.53 Å². The number of para-hydroxylation sites is 1. The van der Waals surface area contributed by atoms with Crippen LogP contribution in [0.2, 0.25) is 0 Å². The highest BCUT2D eigenvalue weighted by atomic mass is 16.5. The van der Waals surface area contributed by atoms with Crippen LogP contribution in [0.25, 0.3) is 10.9 Å². The molecule has 1 aliphatic rings. The van der Waals surface area contributed by atoms with E-state index in [1.165, 1.54) is 0 Å². The van der Waals surface area contributed by atoms with Crippen molar-refractivity contribution >= 4 is 16.7 Å². The largest absolute Gasteiger partial charge is 0.384 e. The number of fused-ring (bicyclic) bond motifs is 1. The number of nitrogens with one attached hydrogen (secondary N) is 1.